The summed E-state index contributed by atoms with van der Waals surface area (Å²) in [7, 11) is 0. The van der Waals surface area contributed by atoms with Crippen molar-refractivity contribution < 1.29 is 18.0 Å². The third-order valence-corrected chi connectivity index (χ3v) is 5.70. The first-order valence-corrected chi connectivity index (χ1v) is 10.2. The van der Waals surface area contributed by atoms with Crippen LogP contribution in [0.5, 0.6) is 5.75 Å². The largest absolute Gasteiger partial charge is 0.416 e. The number of alkyl halides is 3. The molecule has 0 aliphatic carbocycles. The predicted octanol–water partition coefficient (Wildman–Crippen LogP) is 6.22. The van der Waals surface area contributed by atoms with E-state index in [2.05, 4.69) is 19.7 Å². The van der Waals surface area contributed by atoms with Crippen molar-refractivity contribution in [2.75, 3.05) is 5.32 Å². The van der Waals surface area contributed by atoms with Crippen LogP contribution in [-0.2, 0) is 12.7 Å². The van der Waals surface area contributed by atoms with Gasteiger partial charge in [-0.05, 0) is 54.0 Å². The van der Waals surface area contributed by atoms with Crippen LogP contribution in [0.25, 0.3) is 17.1 Å². The maximum absolute atomic E-state index is 13.0. The summed E-state index contributed by atoms with van der Waals surface area (Å²) in [4.78, 5) is 14.0. The maximum Gasteiger partial charge on any atom is 0.416 e. The quantitative estimate of drug-likeness (QED) is 0.376. The normalized spacial score (nSPS) is 13.5. The minimum atomic E-state index is -4.49. The number of benzene rings is 2. The van der Waals surface area contributed by atoms with Crippen molar-refractivity contribution in [3.8, 4) is 5.75 Å². The van der Waals surface area contributed by atoms with Crippen LogP contribution < -0.4 is 10.2 Å². The molecule has 0 radical (unpaired) electrons. The molecule has 0 unspecified atom stereocenters. The molecule has 0 fully saturated rings. The number of hydrogen-bond acceptors (Lipinski definition) is 6. The van der Waals surface area contributed by atoms with Crippen LogP contribution in [0.4, 0.5) is 24.8 Å². The van der Waals surface area contributed by atoms with Gasteiger partial charge in [-0.2, -0.15) is 13.2 Å². The zero-order valence-corrected chi connectivity index (χ0v) is 17.1. The molecule has 0 saturated carbocycles. The van der Waals surface area contributed by atoms with Gasteiger partial charge in [-0.1, -0.05) is 11.6 Å². The lowest BCUT2D eigenvalue weighted by molar-refractivity contribution is -0.137. The van der Waals surface area contributed by atoms with E-state index in [1.165, 1.54) is 11.5 Å². The van der Waals surface area contributed by atoms with Gasteiger partial charge in [0.1, 0.15) is 5.52 Å². The Morgan fingerprint density at radius 2 is 2.00 bits per heavy atom. The van der Waals surface area contributed by atoms with E-state index in [0.29, 0.717) is 18.0 Å². The van der Waals surface area contributed by atoms with Crippen LogP contribution in [0.1, 0.15) is 16.0 Å². The van der Waals surface area contributed by atoms with Crippen LogP contribution in [0.2, 0.25) is 5.02 Å². The molecule has 0 atom stereocenters. The molecule has 11 heteroatoms. The van der Waals surface area contributed by atoms with E-state index in [4.69, 9.17) is 16.4 Å². The fourth-order valence-corrected chi connectivity index (χ4v) is 4.04. The molecule has 0 saturated heterocycles. The van der Waals surface area contributed by atoms with Crippen LogP contribution in [0, 0.1) is 0 Å². The average molecular weight is 464 g/mol. The van der Waals surface area contributed by atoms with Gasteiger partial charge in [0.15, 0.2) is 5.75 Å². The Bertz CT molecular complexity index is 1280. The predicted molar refractivity (Wildman–Crippen MR) is 113 cm³/mol. The fourth-order valence-electron chi connectivity index (χ4n) is 3.13. The number of hydroxylamine groups is 2. The number of anilines is 2. The van der Waals surface area contributed by atoms with Gasteiger partial charge in [0.2, 0.25) is 5.95 Å². The summed E-state index contributed by atoms with van der Waals surface area (Å²) < 4.78 is 43.1. The number of aromatic nitrogens is 3. The van der Waals surface area contributed by atoms with Crippen molar-refractivity contribution in [2.45, 2.75) is 12.7 Å². The Morgan fingerprint density at radius 3 is 2.77 bits per heavy atom. The van der Waals surface area contributed by atoms with E-state index < -0.39 is 11.7 Å². The first kappa shape index (κ1) is 19.7. The standard InChI is InChI=1S/C20H13ClF3N5OS/c21-15-7-12(20(22,23)24)8-16-18(15)28-19(27-16)26-13-1-3-14(4-2-13)30-29-6-5-17-11(10-29)9-25-31-17/h1-9H,10H2,(H2,26,27,28). The number of imidazole rings is 1. The van der Waals surface area contributed by atoms with Crippen molar-refractivity contribution in [3.63, 3.8) is 0 Å². The summed E-state index contributed by atoms with van der Waals surface area (Å²) in [5, 5.41) is 4.66. The molecule has 2 N–H and O–H groups in total. The smallest absolute Gasteiger partial charge is 0.380 e. The number of halogens is 4. The third kappa shape index (κ3) is 4.04. The second-order valence-electron chi connectivity index (χ2n) is 6.78. The van der Waals surface area contributed by atoms with Crippen LogP contribution >= 0.6 is 23.1 Å². The molecule has 31 heavy (non-hydrogen) atoms. The molecule has 2 aromatic heterocycles. The lowest BCUT2D eigenvalue weighted by Crippen LogP contribution is -2.22. The Morgan fingerprint density at radius 1 is 1.19 bits per heavy atom. The summed E-state index contributed by atoms with van der Waals surface area (Å²) in [6.45, 7) is 0.599. The average Bonchev–Trinajstić information content (AvgIpc) is 3.35. The summed E-state index contributed by atoms with van der Waals surface area (Å²) in [6.07, 6.45) is 1.13. The molecular weight excluding hydrogens is 451 g/mol. The van der Waals surface area contributed by atoms with Crippen molar-refractivity contribution in [1.82, 2.24) is 19.4 Å². The van der Waals surface area contributed by atoms with Crippen molar-refractivity contribution in [1.29, 1.82) is 0 Å². The number of fused-ring (bicyclic) bond motifs is 2. The molecule has 5 rings (SSSR count). The summed E-state index contributed by atoms with van der Waals surface area (Å²) in [6, 6.07) is 8.94. The van der Waals surface area contributed by atoms with Crippen LogP contribution in [0.3, 0.4) is 0 Å². The number of aromatic amines is 1. The Kier molecular flexibility index (Phi) is 4.75. The zero-order chi connectivity index (χ0) is 21.6. The topological polar surface area (TPSA) is 66.1 Å². The first-order valence-electron chi connectivity index (χ1n) is 9.05. The number of H-pyrrole nitrogens is 1. The Hall–Kier alpha value is -3.24. The highest BCUT2D eigenvalue weighted by atomic mass is 35.5. The molecule has 4 aromatic rings. The summed E-state index contributed by atoms with van der Waals surface area (Å²) in [5.41, 5.74) is 1.40. The second kappa shape index (κ2) is 7.47. The summed E-state index contributed by atoms with van der Waals surface area (Å²) >= 11 is 7.42. The minimum Gasteiger partial charge on any atom is -0.380 e. The molecule has 0 bridgehead atoms. The van der Waals surface area contributed by atoms with E-state index in [1.54, 1.807) is 29.3 Å². The molecular formula is C20H13ClF3N5OS. The fraction of sp³-hybridized carbons (Fsp3) is 0.100. The van der Waals surface area contributed by atoms with E-state index in [0.717, 1.165) is 22.6 Å². The van der Waals surface area contributed by atoms with E-state index in [-0.39, 0.29) is 22.0 Å². The molecule has 3 heterocycles. The van der Waals surface area contributed by atoms with Gasteiger partial charge in [-0.3, -0.25) is 0 Å². The van der Waals surface area contributed by atoms with Gasteiger partial charge in [0.05, 0.1) is 27.5 Å². The maximum atomic E-state index is 13.0. The highest BCUT2D eigenvalue weighted by Gasteiger charge is 2.31. The molecule has 0 spiro atoms. The number of nitrogens with zero attached hydrogens (tertiary/aromatic N) is 3. The molecule has 2 aromatic carbocycles. The van der Waals surface area contributed by atoms with Crippen molar-refractivity contribution >= 4 is 51.9 Å². The third-order valence-electron chi connectivity index (χ3n) is 4.60. The zero-order valence-electron chi connectivity index (χ0n) is 15.6. The van der Waals surface area contributed by atoms with Crippen molar-refractivity contribution in [2.24, 2.45) is 0 Å². The Labute approximate surface area is 183 Å². The van der Waals surface area contributed by atoms with Crippen molar-refractivity contribution in [3.05, 3.63) is 69.8 Å². The van der Waals surface area contributed by atoms with Crippen LogP contribution in [-0.4, -0.2) is 19.4 Å². The molecule has 0 amide bonds. The van der Waals surface area contributed by atoms with E-state index in [9.17, 15) is 13.2 Å². The van der Waals surface area contributed by atoms with E-state index in [1.807, 2.05) is 18.5 Å². The monoisotopic (exact) mass is 463 g/mol. The number of rotatable bonds is 4. The SMILES string of the molecule is FC(F)(F)c1cc(Cl)c2nc(Nc3ccc(ON4C=Cc5sncc5C4)cc3)[nH]c2c1. The van der Waals surface area contributed by atoms with Crippen LogP contribution in [0.15, 0.2) is 48.8 Å². The van der Waals surface area contributed by atoms with Gasteiger partial charge in [0.25, 0.3) is 0 Å². The minimum absolute atomic E-state index is 0.0727. The molecule has 1 aliphatic heterocycles. The lowest BCUT2D eigenvalue weighted by Gasteiger charge is -2.23. The van der Waals surface area contributed by atoms with Gasteiger partial charge >= 0.3 is 6.18 Å². The summed E-state index contributed by atoms with van der Waals surface area (Å²) in [5.74, 6) is 0.908. The van der Waals surface area contributed by atoms with Gasteiger partial charge in [-0.15, -0.1) is 0 Å². The van der Waals surface area contributed by atoms with Gasteiger partial charge in [-0.25, -0.2) is 14.4 Å². The van der Waals surface area contributed by atoms with Gasteiger partial charge in [0, 0.05) is 23.6 Å². The number of hydrogen-bond donors (Lipinski definition) is 2. The first-order chi connectivity index (χ1) is 14.8. The highest BCUT2D eigenvalue weighted by molar-refractivity contribution is 7.06. The second-order valence-corrected chi connectivity index (χ2v) is 8.02. The van der Waals surface area contributed by atoms with E-state index >= 15 is 0 Å². The molecule has 158 valence electrons. The molecule has 6 nitrogen and oxygen atoms in total. The highest BCUT2D eigenvalue weighted by Crippen LogP contribution is 2.35. The molecule has 1 aliphatic rings. The Balaban J connectivity index is 1.29. The van der Waals surface area contributed by atoms with Gasteiger partial charge < -0.3 is 15.1 Å². The lowest BCUT2D eigenvalue weighted by atomic mass is 10.2. The number of nitrogens with one attached hydrogen (secondary N) is 2.